The zero-order chi connectivity index (χ0) is 16.1. The molecule has 0 atom stereocenters. The summed E-state index contributed by atoms with van der Waals surface area (Å²) in [6.45, 7) is 3.60. The summed E-state index contributed by atoms with van der Waals surface area (Å²) in [6, 6.07) is -0.345. The lowest BCUT2D eigenvalue weighted by Gasteiger charge is -2.30. The number of hydrogen-bond donors (Lipinski definition) is 3. The Labute approximate surface area is 126 Å². The van der Waals surface area contributed by atoms with Gasteiger partial charge in [-0.1, -0.05) is 25.7 Å². The molecule has 1 aliphatic carbocycles. The van der Waals surface area contributed by atoms with E-state index in [0.717, 1.165) is 25.7 Å². The van der Waals surface area contributed by atoms with E-state index in [0.29, 0.717) is 12.8 Å². The Balaban J connectivity index is 2.61. The summed E-state index contributed by atoms with van der Waals surface area (Å²) in [7, 11) is 1.59. The first kappa shape index (κ1) is 17.8. The van der Waals surface area contributed by atoms with Gasteiger partial charge in [0.2, 0.25) is 0 Å². The molecule has 0 spiro atoms. The Morgan fingerprint density at radius 2 is 1.71 bits per heavy atom. The second kappa shape index (κ2) is 7.11. The molecule has 1 saturated carbocycles. The van der Waals surface area contributed by atoms with Crippen LogP contribution < -0.4 is 5.32 Å². The predicted octanol–water partition coefficient (Wildman–Crippen LogP) is 1.82. The van der Waals surface area contributed by atoms with Gasteiger partial charge in [0.25, 0.3) is 0 Å². The smallest absolute Gasteiger partial charge is 0.317 e. The van der Waals surface area contributed by atoms with Crippen molar-refractivity contribution < 1.29 is 19.8 Å². The molecule has 122 valence electrons. The van der Waals surface area contributed by atoms with E-state index in [1.54, 1.807) is 20.9 Å². The van der Waals surface area contributed by atoms with Crippen LogP contribution in [-0.4, -0.2) is 52.9 Å². The highest BCUT2D eigenvalue weighted by atomic mass is 16.4. The van der Waals surface area contributed by atoms with Crippen LogP contribution in [0.15, 0.2) is 0 Å². The third-order valence-corrected chi connectivity index (χ3v) is 4.06. The van der Waals surface area contributed by atoms with Crippen LogP contribution >= 0.6 is 0 Å². The molecule has 1 fully saturated rings. The van der Waals surface area contributed by atoms with Crippen molar-refractivity contribution in [2.45, 2.75) is 58.0 Å². The minimum absolute atomic E-state index is 0.150. The Morgan fingerprint density at radius 3 is 2.14 bits per heavy atom. The van der Waals surface area contributed by atoms with E-state index in [-0.39, 0.29) is 19.1 Å². The van der Waals surface area contributed by atoms with Crippen molar-refractivity contribution in [1.82, 2.24) is 10.2 Å². The quantitative estimate of drug-likeness (QED) is 0.676. The number of rotatable bonds is 5. The second-order valence-corrected chi connectivity index (χ2v) is 6.83. The van der Waals surface area contributed by atoms with Crippen LogP contribution in [0.25, 0.3) is 0 Å². The monoisotopic (exact) mass is 300 g/mol. The van der Waals surface area contributed by atoms with Gasteiger partial charge in [0.15, 0.2) is 0 Å². The average molecular weight is 300 g/mol. The Morgan fingerprint density at radius 1 is 1.19 bits per heavy atom. The maximum absolute atomic E-state index is 12.0. The van der Waals surface area contributed by atoms with Crippen molar-refractivity contribution in [3.8, 4) is 0 Å². The van der Waals surface area contributed by atoms with Gasteiger partial charge in [-0.05, 0) is 26.7 Å². The molecule has 0 aliphatic heterocycles. The van der Waals surface area contributed by atoms with Gasteiger partial charge in [-0.15, -0.1) is 0 Å². The van der Waals surface area contributed by atoms with Crippen LogP contribution in [0.4, 0.5) is 4.79 Å². The lowest BCUT2D eigenvalue weighted by molar-refractivity contribution is -0.149. The maximum atomic E-state index is 12.0. The molecule has 0 bridgehead atoms. The van der Waals surface area contributed by atoms with E-state index >= 15 is 0 Å². The summed E-state index contributed by atoms with van der Waals surface area (Å²) < 4.78 is 0. The first-order valence-corrected chi connectivity index (χ1v) is 7.61. The van der Waals surface area contributed by atoms with Crippen molar-refractivity contribution in [1.29, 1.82) is 0 Å². The van der Waals surface area contributed by atoms with Gasteiger partial charge >= 0.3 is 12.0 Å². The van der Waals surface area contributed by atoms with Gasteiger partial charge in [-0.25, -0.2) is 4.79 Å². The Bertz CT molecular complexity index is 368. The molecule has 0 aromatic heterocycles. The third kappa shape index (κ3) is 5.53. The minimum Gasteiger partial charge on any atom is -0.481 e. The first-order valence-electron chi connectivity index (χ1n) is 7.61. The number of carboxylic acids is 1. The standard InChI is InChI=1S/C15H28N2O4/c1-14(2,21)11-17(3)13(20)16-10-15(12(18)19)8-6-4-5-7-9-15/h21H,4-11H2,1-3H3,(H,16,20)(H,18,19). The average Bonchev–Trinajstić information content (AvgIpc) is 2.60. The third-order valence-electron chi connectivity index (χ3n) is 4.06. The molecule has 0 aromatic carbocycles. The van der Waals surface area contributed by atoms with E-state index in [4.69, 9.17) is 0 Å². The summed E-state index contributed by atoms with van der Waals surface area (Å²) in [6.07, 6.45) is 5.11. The highest BCUT2D eigenvalue weighted by Gasteiger charge is 2.39. The number of aliphatic carboxylic acids is 1. The van der Waals surface area contributed by atoms with Crippen molar-refractivity contribution in [2.75, 3.05) is 20.1 Å². The van der Waals surface area contributed by atoms with Crippen molar-refractivity contribution in [3.63, 3.8) is 0 Å². The molecule has 2 amide bonds. The van der Waals surface area contributed by atoms with E-state index < -0.39 is 17.0 Å². The number of carbonyl (C=O) groups excluding carboxylic acids is 1. The van der Waals surface area contributed by atoms with Gasteiger partial charge in [0.1, 0.15) is 0 Å². The summed E-state index contributed by atoms with van der Waals surface area (Å²) in [5.74, 6) is -0.824. The number of carbonyl (C=O) groups is 2. The molecule has 21 heavy (non-hydrogen) atoms. The van der Waals surface area contributed by atoms with Crippen molar-refractivity contribution in [3.05, 3.63) is 0 Å². The lowest BCUT2D eigenvalue weighted by atomic mass is 9.80. The van der Waals surface area contributed by atoms with Crippen LogP contribution in [0, 0.1) is 5.41 Å². The fourth-order valence-electron chi connectivity index (χ4n) is 2.90. The molecule has 0 heterocycles. The van der Waals surface area contributed by atoms with Gasteiger partial charge in [-0.3, -0.25) is 4.79 Å². The molecule has 1 rings (SSSR count). The van der Waals surface area contributed by atoms with Gasteiger partial charge in [-0.2, -0.15) is 0 Å². The summed E-state index contributed by atoms with van der Waals surface area (Å²) in [5, 5.41) is 22.0. The van der Waals surface area contributed by atoms with Crippen LogP contribution in [0.5, 0.6) is 0 Å². The summed E-state index contributed by atoms with van der Waals surface area (Å²) in [5.41, 5.74) is -1.82. The van der Waals surface area contributed by atoms with Crippen molar-refractivity contribution in [2.24, 2.45) is 5.41 Å². The number of likely N-dealkylation sites (N-methyl/N-ethyl adjacent to an activating group) is 1. The van der Waals surface area contributed by atoms with Gasteiger partial charge in [0, 0.05) is 13.6 Å². The van der Waals surface area contributed by atoms with Crippen LogP contribution in [0.1, 0.15) is 52.4 Å². The normalized spacial score (nSPS) is 18.7. The Kier molecular flexibility index (Phi) is 6.01. The maximum Gasteiger partial charge on any atom is 0.317 e. The Hall–Kier alpha value is -1.30. The molecule has 3 N–H and O–H groups in total. The molecule has 0 aromatic rings. The van der Waals surface area contributed by atoms with Crippen LogP contribution in [0.3, 0.4) is 0 Å². The SMILES string of the molecule is CN(CC(C)(C)O)C(=O)NCC1(C(=O)O)CCCCCC1. The van der Waals surface area contributed by atoms with Crippen LogP contribution in [0.2, 0.25) is 0 Å². The molecular weight excluding hydrogens is 272 g/mol. The second-order valence-electron chi connectivity index (χ2n) is 6.83. The lowest BCUT2D eigenvalue weighted by Crippen LogP contribution is -2.49. The predicted molar refractivity (Wildman–Crippen MR) is 80.1 cm³/mol. The highest BCUT2D eigenvalue weighted by molar-refractivity contribution is 5.78. The molecule has 0 unspecified atom stereocenters. The number of hydrogen-bond acceptors (Lipinski definition) is 3. The first-order chi connectivity index (χ1) is 9.66. The minimum atomic E-state index is -0.973. The zero-order valence-electron chi connectivity index (χ0n) is 13.3. The van der Waals surface area contributed by atoms with Crippen molar-refractivity contribution >= 4 is 12.0 Å². The molecule has 6 heteroatoms. The fourth-order valence-corrected chi connectivity index (χ4v) is 2.90. The molecule has 0 radical (unpaired) electrons. The summed E-state index contributed by atoms with van der Waals surface area (Å²) in [4.78, 5) is 25.0. The number of amides is 2. The topological polar surface area (TPSA) is 89.9 Å². The van der Waals surface area contributed by atoms with E-state index in [1.165, 1.54) is 4.90 Å². The van der Waals surface area contributed by atoms with E-state index in [9.17, 15) is 19.8 Å². The van der Waals surface area contributed by atoms with E-state index in [2.05, 4.69) is 5.32 Å². The van der Waals surface area contributed by atoms with Crippen LogP contribution in [-0.2, 0) is 4.79 Å². The zero-order valence-corrected chi connectivity index (χ0v) is 13.3. The summed E-state index contributed by atoms with van der Waals surface area (Å²) >= 11 is 0. The number of nitrogens with zero attached hydrogens (tertiary/aromatic N) is 1. The molecular formula is C15H28N2O4. The fraction of sp³-hybridized carbons (Fsp3) is 0.867. The number of urea groups is 1. The molecule has 6 nitrogen and oxygen atoms in total. The number of aliphatic hydroxyl groups is 1. The van der Waals surface area contributed by atoms with Gasteiger partial charge < -0.3 is 20.4 Å². The molecule has 1 aliphatic rings. The largest absolute Gasteiger partial charge is 0.481 e. The number of nitrogens with one attached hydrogen (secondary N) is 1. The highest BCUT2D eigenvalue weighted by Crippen LogP contribution is 2.34. The van der Waals surface area contributed by atoms with Gasteiger partial charge in [0.05, 0.1) is 17.6 Å². The van der Waals surface area contributed by atoms with E-state index in [1.807, 2.05) is 0 Å². The molecule has 0 saturated heterocycles. The number of carboxylic acid groups (broad SMARTS) is 1.